The molecule has 0 aromatic rings. The predicted octanol–water partition coefficient (Wildman–Crippen LogP) is 1.67. The predicted molar refractivity (Wildman–Crippen MR) is 80.0 cm³/mol. The lowest BCUT2D eigenvalue weighted by Gasteiger charge is -2.25. The van der Waals surface area contributed by atoms with Gasteiger partial charge in [0.2, 0.25) is 0 Å². The van der Waals surface area contributed by atoms with Crippen molar-refractivity contribution in [2.45, 2.75) is 52.2 Å². The fourth-order valence-corrected chi connectivity index (χ4v) is 2.75. The molecular weight excluding hydrogens is 256 g/mol. The maximum Gasteiger partial charge on any atom is 0.332 e. The molecule has 1 aliphatic heterocycles. The van der Waals surface area contributed by atoms with Crippen molar-refractivity contribution in [1.82, 2.24) is 9.80 Å². The van der Waals surface area contributed by atoms with Crippen molar-refractivity contribution in [3.63, 3.8) is 0 Å². The SMILES string of the molecule is CCN(CC)CCCN(CC)CC1CCC(C(=O)O)O1. The second-order valence-corrected chi connectivity index (χ2v) is 5.44. The number of hydrogen-bond acceptors (Lipinski definition) is 4. The van der Waals surface area contributed by atoms with Gasteiger partial charge in [-0.05, 0) is 52.0 Å². The standard InChI is InChI=1S/C15H30N2O3/c1-4-16(5-2)10-7-11-17(6-3)12-13-8-9-14(20-13)15(18)19/h13-14H,4-12H2,1-3H3,(H,18,19). The summed E-state index contributed by atoms with van der Waals surface area (Å²) in [5, 5.41) is 8.93. The quantitative estimate of drug-likeness (QED) is 0.662. The van der Waals surface area contributed by atoms with Gasteiger partial charge >= 0.3 is 5.97 Å². The summed E-state index contributed by atoms with van der Waals surface area (Å²) in [6.45, 7) is 12.8. The first-order chi connectivity index (χ1) is 9.60. The van der Waals surface area contributed by atoms with E-state index in [4.69, 9.17) is 9.84 Å². The summed E-state index contributed by atoms with van der Waals surface area (Å²) >= 11 is 0. The Balaban J connectivity index is 2.24. The van der Waals surface area contributed by atoms with Crippen LogP contribution in [0, 0.1) is 0 Å². The lowest BCUT2D eigenvalue weighted by Crippen LogP contribution is -2.35. The minimum absolute atomic E-state index is 0.0875. The Hall–Kier alpha value is -0.650. The van der Waals surface area contributed by atoms with Crippen LogP contribution in [0.1, 0.15) is 40.0 Å². The van der Waals surface area contributed by atoms with E-state index in [2.05, 4.69) is 30.6 Å². The van der Waals surface area contributed by atoms with Gasteiger partial charge in [0.1, 0.15) is 0 Å². The molecule has 0 radical (unpaired) electrons. The van der Waals surface area contributed by atoms with E-state index in [-0.39, 0.29) is 6.10 Å². The number of carboxylic acid groups (broad SMARTS) is 1. The molecular formula is C15H30N2O3. The number of ether oxygens (including phenoxy) is 1. The normalized spacial score (nSPS) is 22.9. The van der Waals surface area contributed by atoms with E-state index >= 15 is 0 Å². The average Bonchev–Trinajstić information content (AvgIpc) is 2.91. The summed E-state index contributed by atoms with van der Waals surface area (Å²) in [6.07, 6.45) is 2.17. The Morgan fingerprint density at radius 3 is 2.20 bits per heavy atom. The minimum atomic E-state index is -0.822. The highest BCUT2D eigenvalue weighted by atomic mass is 16.5. The van der Waals surface area contributed by atoms with E-state index in [1.54, 1.807) is 0 Å². The molecule has 118 valence electrons. The fraction of sp³-hybridized carbons (Fsp3) is 0.933. The molecule has 0 amide bonds. The number of likely N-dealkylation sites (N-methyl/N-ethyl adjacent to an activating group) is 1. The molecule has 1 heterocycles. The van der Waals surface area contributed by atoms with Crippen molar-refractivity contribution in [3.8, 4) is 0 Å². The summed E-state index contributed by atoms with van der Waals surface area (Å²) in [5.41, 5.74) is 0. The summed E-state index contributed by atoms with van der Waals surface area (Å²) in [5.74, 6) is -0.822. The largest absolute Gasteiger partial charge is 0.479 e. The smallest absolute Gasteiger partial charge is 0.332 e. The van der Waals surface area contributed by atoms with Gasteiger partial charge in [-0.3, -0.25) is 0 Å². The Bertz CT molecular complexity index is 282. The topological polar surface area (TPSA) is 53.0 Å². The molecule has 0 saturated carbocycles. The molecule has 0 bridgehead atoms. The van der Waals surface area contributed by atoms with Crippen LogP contribution in [0.3, 0.4) is 0 Å². The van der Waals surface area contributed by atoms with Crippen LogP contribution in [-0.2, 0) is 9.53 Å². The monoisotopic (exact) mass is 286 g/mol. The van der Waals surface area contributed by atoms with Gasteiger partial charge in [-0.1, -0.05) is 20.8 Å². The van der Waals surface area contributed by atoms with E-state index in [0.29, 0.717) is 6.42 Å². The van der Waals surface area contributed by atoms with Crippen LogP contribution in [0.5, 0.6) is 0 Å². The molecule has 5 heteroatoms. The minimum Gasteiger partial charge on any atom is -0.479 e. The van der Waals surface area contributed by atoms with Crippen LogP contribution in [0.15, 0.2) is 0 Å². The van der Waals surface area contributed by atoms with Crippen LogP contribution < -0.4 is 0 Å². The van der Waals surface area contributed by atoms with Gasteiger partial charge in [0.25, 0.3) is 0 Å². The molecule has 20 heavy (non-hydrogen) atoms. The van der Waals surface area contributed by atoms with E-state index in [1.165, 1.54) is 0 Å². The zero-order valence-corrected chi connectivity index (χ0v) is 13.2. The second kappa shape index (κ2) is 9.32. The number of rotatable bonds is 10. The van der Waals surface area contributed by atoms with Crippen LogP contribution in [0.2, 0.25) is 0 Å². The van der Waals surface area contributed by atoms with Crippen LogP contribution >= 0.6 is 0 Å². The molecule has 5 nitrogen and oxygen atoms in total. The second-order valence-electron chi connectivity index (χ2n) is 5.44. The molecule has 0 spiro atoms. The Morgan fingerprint density at radius 2 is 1.70 bits per heavy atom. The Labute approximate surface area is 122 Å². The lowest BCUT2D eigenvalue weighted by atomic mass is 10.2. The van der Waals surface area contributed by atoms with Crippen molar-refractivity contribution in [2.75, 3.05) is 39.3 Å². The molecule has 0 aromatic heterocycles. The number of hydrogen-bond donors (Lipinski definition) is 1. The van der Waals surface area contributed by atoms with Crippen molar-refractivity contribution >= 4 is 5.97 Å². The lowest BCUT2D eigenvalue weighted by molar-refractivity contribution is -0.149. The maximum absolute atomic E-state index is 10.9. The van der Waals surface area contributed by atoms with Gasteiger partial charge in [0.05, 0.1) is 6.10 Å². The zero-order chi connectivity index (χ0) is 15.0. The first-order valence-electron chi connectivity index (χ1n) is 7.93. The fourth-order valence-electron chi connectivity index (χ4n) is 2.75. The van der Waals surface area contributed by atoms with Gasteiger partial charge in [0, 0.05) is 6.54 Å². The van der Waals surface area contributed by atoms with Gasteiger partial charge < -0.3 is 19.6 Å². The number of aliphatic carboxylic acids is 1. The molecule has 1 fully saturated rings. The van der Waals surface area contributed by atoms with Gasteiger partial charge in [0.15, 0.2) is 6.10 Å². The molecule has 1 saturated heterocycles. The van der Waals surface area contributed by atoms with E-state index in [1.807, 2.05) is 0 Å². The van der Waals surface area contributed by atoms with E-state index < -0.39 is 12.1 Å². The molecule has 2 atom stereocenters. The Morgan fingerprint density at radius 1 is 1.10 bits per heavy atom. The summed E-state index contributed by atoms with van der Waals surface area (Å²) < 4.78 is 5.57. The highest BCUT2D eigenvalue weighted by Gasteiger charge is 2.31. The van der Waals surface area contributed by atoms with Crippen LogP contribution in [-0.4, -0.2) is 72.4 Å². The van der Waals surface area contributed by atoms with Crippen molar-refractivity contribution in [1.29, 1.82) is 0 Å². The van der Waals surface area contributed by atoms with Gasteiger partial charge in [-0.2, -0.15) is 0 Å². The van der Waals surface area contributed by atoms with E-state index in [0.717, 1.165) is 52.1 Å². The molecule has 1 rings (SSSR count). The third kappa shape index (κ3) is 5.77. The van der Waals surface area contributed by atoms with Crippen molar-refractivity contribution < 1.29 is 14.6 Å². The number of nitrogens with zero attached hydrogens (tertiary/aromatic N) is 2. The maximum atomic E-state index is 10.9. The highest BCUT2D eigenvalue weighted by molar-refractivity contribution is 5.72. The van der Waals surface area contributed by atoms with Gasteiger partial charge in [-0.25, -0.2) is 4.79 Å². The molecule has 2 unspecified atom stereocenters. The summed E-state index contributed by atoms with van der Waals surface area (Å²) in [7, 11) is 0. The zero-order valence-electron chi connectivity index (χ0n) is 13.2. The van der Waals surface area contributed by atoms with Crippen molar-refractivity contribution in [2.24, 2.45) is 0 Å². The summed E-state index contributed by atoms with van der Waals surface area (Å²) in [6, 6.07) is 0. The molecule has 1 N–H and O–H groups in total. The van der Waals surface area contributed by atoms with Crippen LogP contribution in [0.25, 0.3) is 0 Å². The molecule has 0 aromatic carbocycles. The van der Waals surface area contributed by atoms with Gasteiger partial charge in [-0.15, -0.1) is 0 Å². The third-order valence-corrected chi connectivity index (χ3v) is 4.14. The highest BCUT2D eigenvalue weighted by Crippen LogP contribution is 2.20. The first kappa shape index (κ1) is 17.4. The van der Waals surface area contributed by atoms with E-state index in [9.17, 15) is 4.79 Å². The number of carboxylic acids is 1. The Kier molecular flexibility index (Phi) is 8.11. The van der Waals surface area contributed by atoms with Crippen LogP contribution in [0.4, 0.5) is 0 Å². The third-order valence-electron chi connectivity index (χ3n) is 4.14. The first-order valence-corrected chi connectivity index (χ1v) is 7.93. The average molecular weight is 286 g/mol. The summed E-state index contributed by atoms with van der Waals surface area (Å²) in [4.78, 5) is 15.7. The molecule has 0 aliphatic carbocycles. The molecule has 1 aliphatic rings. The number of carbonyl (C=O) groups is 1. The van der Waals surface area contributed by atoms with Crippen molar-refractivity contribution in [3.05, 3.63) is 0 Å².